The van der Waals surface area contributed by atoms with E-state index in [0.717, 1.165) is 11.1 Å². The summed E-state index contributed by atoms with van der Waals surface area (Å²) in [6.07, 6.45) is 11.2. The van der Waals surface area contributed by atoms with Gasteiger partial charge in [-0.2, -0.15) is 5.10 Å². The molecule has 0 saturated carbocycles. The van der Waals surface area contributed by atoms with Gasteiger partial charge in [-0.1, -0.05) is 17.7 Å². The highest BCUT2D eigenvalue weighted by atomic mass is 35.5. The van der Waals surface area contributed by atoms with Crippen molar-refractivity contribution in [1.29, 1.82) is 0 Å². The van der Waals surface area contributed by atoms with Crippen LogP contribution in [-0.2, 0) is 17.8 Å². The first-order chi connectivity index (χ1) is 14.6. The quantitative estimate of drug-likeness (QED) is 0.470. The van der Waals surface area contributed by atoms with Crippen molar-refractivity contribution in [1.82, 2.24) is 29.5 Å². The Kier molecular flexibility index (Phi) is 5.85. The third-order valence-electron chi connectivity index (χ3n) is 4.70. The second-order valence-corrected chi connectivity index (χ2v) is 7.24. The molecule has 0 aromatic carbocycles. The van der Waals surface area contributed by atoms with Crippen LogP contribution in [0, 0.1) is 0 Å². The lowest BCUT2D eigenvalue weighted by Crippen LogP contribution is -2.17. The van der Waals surface area contributed by atoms with E-state index in [1.807, 2.05) is 18.2 Å². The summed E-state index contributed by atoms with van der Waals surface area (Å²) in [5, 5.41) is 7.57. The normalized spacial score (nSPS) is 11.0. The van der Waals surface area contributed by atoms with Gasteiger partial charge < -0.3 is 0 Å². The van der Waals surface area contributed by atoms with Gasteiger partial charge in [0.05, 0.1) is 16.8 Å². The van der Waals surface area contributed by atoms with E-state index < -0.39 is 0 Å². The van der Waals surface area contributed by atoms with E-state index in [-0.39, 0.29) is 11.3 Å². The molecule has 0 atom stereocenters. The van der Waals surface area contributed by atoms with Gasteiger partial charge in [0.15, 0.2) is 5.82 Å². The number of carbonyl (C=O) groups excluding carboxylic acids is 1. The van der Waals surface area contributed by atoms with Gasteiger partial charge >= 0.3 is 0 Å². The molecule has 0 saturated heterocycles. The maximum absolute atomic E-state index is 12.8. The molecule has 0 aliphatic heterocycles. The number of aromatic nitrogens is 6. The second kappa shape index (κ2) is 8.87. The van der Waals surface area contributed by atoms with E-state index in [1.54, 1.807) is 47.9 Å². The number of ketones is 1. The average Bonchev–Trinajstić information content (AvgIpc) is 3.37. The van der Waals surface area contributed by atoms with Crippen LogP contribution in [0.15, 0.2) is 66.2 Å². The van der Waals surface area contributed by atoms with Crippen LogP contribution in [0.25, 0.3) is 16.9 Å². The summed E-state index contributed by atoms with van der Waals surface area (Å²) < 4.78 is 3.04. The molecule has 4 aromatic heterocycles. The van der Waals surface area contributed by atoms with E-state index in [0.29, 0.717) is 42.2 Å². The van der Waals surface area contributed by atoms with Gasteiger partial charge in [0.1, 0.15) is 5.78 Å². The minimum Gasteiger partial charge on any atom is -0.300 e. The van der Waals surface area contributed by atoms with Gasteiger partial charge in [0, 0.05) is 55.9 Å². The van der Waals surface area contributed by atoms with Crippen LogP contribution in [0.5, 0.6) is 0 Å². The Morgan fingerprint density at radius 1 is 1.17 bits per heavy atom. The molecule has 0 spiro atoms. The van der Waals surface area contributed by atoms with Crippen LogP contribution in [0.2, 0.25) is 5.02 Å². The zero-order valence-corrected chi connectivity index (χ0v) is 16.8. The third-order valence-corrected chi connectivity index (χ3v) is 4.89. The lowest BCUT2D eigenvalue weighted by molar-refractivity contribution is -0.119. The molecule has 4 rings (SSSR count). The first kappa shape index (κ1) is 19.8. The summed E-state index contributed by atoms with van der Waals surface area (Å²) in [5.74, 6) is 0.613. The van der Waals surface area contributed by atoms with Crippen LogP contribution in [0.1, 0.15) is 18.4 Å². The molecule has 0 radical (unpaired) electrons. The van der Waals surface area contributed by atoms with Crippen LogP contribution < -0.4 is 5.56 Å². The van der Waals surface area contributed by atoms with Crippen molar-refractivity contribution in [2.75, 3.05) is 0 Å². The Morgan fingerprint density at radius 2 is 2.07 bits per heavy atom. The topological polar surface area (TPSA) is 98.5 Å². The van der Waals surface area contributed by atoms with Gasteiger partial charge in [0.25, 0.3) is 5.56 Å². The summed E-state index contributed by atoms with van der Waals surface area (Å²) in [7, 11) is 0. The number of hydrogen-bond acceptors (Lipinski definition) is 5. The third kappa shape index (κ3) is 4.55. The minimum absolute atomic E-state index is 0.135. The van der Waals surface area contributed by atoms with E-state index in [2.05, 4.69) is 20.2 Å². The smallest absolute Gasteiger partial charge is 0.280 e. The Morgan fingerprint density at radius 3 is 2.83 bits per heavy atom. The number of hydrogen-bond donors (Lipinski definition) is 1. The molecule has 1 N–H and O–H groups in total. The van der Waals surface area contributed by atoms with E-state index in [9.17, 15) is 9.59 Å². The number of rotatable bonds is 8. The van der Waals surface area contributed by atoms with Gasteiger partial charge in [-0.3, -0.25) is 24.4 Å². The molecule has 0 aliphatic carbocycles. The first-order valence-electron chi connectivity index (χ1n) is 9.46. The first-order valence-corrected chi connectivity index (χ1v) is 9.84. The van der Waals surface area contributed by atoms with Crippen LogP contribution >= 0.6 is 11.6 Å². The molecule has 4 heterocycles. The van der Waals surface area contributed by atoms with Crippen molar-refractivity contribution in [3.8, 4) is 16.9 Å². The molecule has 152 valence electrons. The van der Waals surface area contributed by atoms with Crippen molar-refractivity contribution >= 4 is 17.4 Å². The fourth-order valence-electron chi connectivity index (χ4n) is 3.12. The van der Waals surface area contributed by atoms with Gasteiger partial charge in [-0.25, -0.2) is 9.67 Å². The largest absolute Gasteiger partial charge is 0.300 e. The van der Waals surface area contributed by atoms with Gasteiger partial charge in [0.2, 0.25) is 0 Å². The zero-order valence-electron chi connectivity index (χ0n) is 16.0. The summed E-state index contributed by atoms with van der Waals surface area (Å²) >= 11 is 5.83. The highest BCUT2D eigenvalue weighted by molar-refractivity contribution is 6.30. The van der Waals surface area contributed by atoms with E-state index in [1.165, 1.54) is 4.68 Å². The van der Waals surface area contributed by atoms with Crippen molar-refractivity contribution in [2.24, 2.45) is 0 Å². The molecule has 0 aliphatic rings. The summed E-state index contributed by atoms with van der Waals surface area (Å²) in [5.41, 5.74) is 1.98. The van der Waals surface area contributed by atoms with Crippen molar-refractivity contribution in [3.05, 3.63) is 82.4 Å². The number of nitrogens with one attached hydrogen (secondary N) is 1. The second-order valence-electron chi connectivity index (χ2n) is 6.80. The predicted octanol–water partition coefficient (Wildman–Crippen LogP) is 3.06. The molecule has 8 nitrogen and oxygen atoms in total. The maximum atomic E-state index is 12.8. The zero-order chi connectivity index (χ0) is 20.9. The van der Waals surface area contributed by atoms with Crippen LogP contribution in [-0.4, -0.2) is 35.3 Å². The van der Waals surface area contributed by atoms with Gasteiger partial charge in [-0.05, 0) is 30.2 Å². The van der Waals surface area contributed by atoms with E-state index >= 15 is 0 Å². The van der Waals surface area contributed by atoms with E-state index in [4.69, 9.17) is 11.6 Å². The number of H-pyrrole nitrogens is 1. The fraction of sp³-hybridized carbons (Fsp3) is 0.190. The van der Waals surface area contributed by atoms with Crippen molar-refractivity contribution < 1.29 is 4.79 Å². The van der Waals surface area contributed by atoms with Crippen molar-refractivity contribution in [3.63, 3.8) is 0 Å². The maximum Gasteiger partial charge on any atom is 0.280 e. The summed E-state index contributed by atoms with van der Waals surface area (Å²) in [6, 6.07) is 7.27. The molecular weight excluding hydrogens is 404 g/mol. The predicted molar refractivity (Wildman–Crippen MR) is 113 cm³/mol. The molecule has 30 heavy (non-hydrogen) atoms. The molecule has 4 aromatic rings. The Balaban J connectivity index is 1.41. The molecule has 0 bridgehead atoms. The highest BCUT2D eigenvalue weighted by Crippen LogP contribution is 2.14. The summed E-state index contributed by atoms with van der Waals surface area (Å²) in [6.45, 7) is 0.502. The highest BCUT2D eigenvalue weighted by Gasteiger charge is 2.12. The van der Waals surface area contributed by atoms with Gasteiger partial charge in [-0.15, -0.1) is 0 Å². The average molecular weight is 423 g/mol. The molecule has 0 fully saturated rings. The number of aromatic amines is 1. The minimum atomic E-state index is -0.207. The summed E-state index contributed by atoms with van der Waals surface area (Å²) in [4.78, 5) is 33.3. The lowest BCUT2D eigenvalue weighted by Gasteiger charge is -2.05. The molecular formula is C21H19ClN6O2. The Bertz CT molecular complexity index is 1210. The Labute approximate surface area is 177 Å². The number of Topliss-reactive ketones (excluding diaryl/α,β-unsaturated/α-hetero) is 1. The molecule has 0 amide bonds. The number of nitrogens with zero attached hydrogens (tertiary/aromatic N) is 5. The van der Waals surface area contributed by atoms with Crippen molar-refractivity contribution in [2.45, 2.75) is 25.8 Å². The molecule has 9 heteroatoms. The Hall–Kier alpha value is -3.52. The number of aryl methyl sites for hydroxylation is 2. The number of pyridine rings is 2. The number of halogens is 1. The SMILES string of the molecule is O=C(CCc1ccnc(-n2[nH]cc(-c3cccnc3)c2=O)c1)CCn1cc(Cl)cn1. The van der Waals surface area contributed by atoms with Crippen LogP contribution in [0.4, 0.5) is 0 Å². The number of carbonyl (C=O) groups is 1. The fourth-order valence-corrected chi connectivity index (χ4v) is 3.27. The molecule has 0 unspecified atom stereocenters. The monoisotopic (exact) mass is 422 g/mol. The standard InChI is InChI=1S/C21H19ClN6O2/c22-17-12-25-27(14-17)9-6-18(29)4-3-15-5-8-24-20(10-15)28-21(30)19(13-26-28)16-2-1-7-23-11-16/h1-2,5,7-8,10-14,26H,3-4,6,9H2. The lowest BCUT2D eigenvalue weighted by atomic mass is 10.1. The van der Waals surface area contributed by atoms with Crippen LogP contribution in [0.3, 0.4) is 0 Å².